The monoisotopic (exact) mass is 844 g/mol. The van der Waals surface area contributed by atoms with E-state index in [1.807, 2.05) is 4.98 Å². The maximum atomic E-state index is 13.1. The molecule has 336 valence electrons. The molecule has 1 aromatic heterocycles. The van der Waals surface area contributed by atoms with Gasteiger partial charge < -0.3 is 70.4 Å². The van der Waals surface area contributed by atoms with Crippen LogP contribution in [0, 0.1) is 5.92 Å². The fourth-order valence-corrected chi connectivity index (χ4v) is 7.63. The lowest BCUT2D eigenvalue weighted by atomic mass is 9.91. The Balaban J connectivity index is 1.44. The van der Waals surface area contributed by atoms with Gasteiger partial charge in [-0.1, -0.05) is 71.3 Å². The number of hydrogen-bond acceptors (Lipinski definition) is 16. The third kappa shape index (κ3) is 13.4. The number of amides is 2. The second-order valence-corrected chi connectivity index (χ2v) is 16.1. The van der Waals surface area contributed by atoms with Crippen LogP contribution in [0.5, 0.6) is 0 Å². The Hall–Kier alpha value is -3.12. The maximum absolute atomic E-state index is 13.1. The number of unbranched alkanes of at least 4 members (excludes halogenated alkanes) is 8. The van der Waals surface area contributed by atoms with Crippen molar-refractivity contribution < 1.29 is 69.4 Å². The minimum absolute atomic E-state index is 0.597. The first kappa shape index (κ1) is 48.5. The number of carbonyl (C=O) groups is 2. The number of hydrogen-bond donors (Lipinski definition) is 11. The molecule has 0 aromatic carbocycles. The number of allylic oxidation sites excluding steroid dienone is 1. The highest BCUT2D eigenvalue weighted by Gasteiger charge is 2.53. The molecule has 4 heterocycles. The molecule has 3 aliphatic heterocycles. The molecule has 3 saturated heterocycles. The summed E-state index contributed by atoms with van der Waals surface area (Å²) >= 11 is 0. The van der Waals surface area contributed by atoms with Crippen molar-refractivity contribution in [1.29, 1.82) is 0 Å². The van der Waals surface area contributed by atoms with E-state index >= 15 is 0 Å². The van der Waals surface area contributed by atoms with Crippen LogP contribution in [0.25, 0.3) is 0 Å². The largest absolute Gasteiger partial charge is 0.394 e. The molecule has 20 nitrogen and oxygen atoms in total. The fourth-order valence-electron chi connectivity index (χ4n) is 7.63. The SMILES string of the molecule is CC(=O)N[C@H]1[C@H](O[C@@H]2O[C@H](C[C@H](O)[C@H]3O[C@@H](n4ccc(=O)[nH]c4=O)[C@H](O)[C@@H]3O)[C@H](O)[C@H](O)[C@H]2NC(=O)/C=C\CCCCCCCCCCC(C)C)O[C@H](CO)[C@@H](O)[C@@H]1O. The standard InChI is InChI=1S/C39H64N4O16/c1-20(2)14-12-10-8-6-4-5-7-9-11-13-15-25(47)41-28-32(52)29(49)23(56-38(28)59-37-27(40-21(3)45)31(51)30(50)24(19-44)57-37)18-22(46)35-33(53)34(54)36(58-35)43-17-16-26(48)42-39(43)55/h13,15-17,20,22-24,27-38,44,46,49-54H,4-12,14,18-19H2,1-3H3,(H,40,45)(H,41,47)(H,42,48,55)/b15-13-/t22-,23+,24+,27+,28+,29-,30+,31+,32+,33-,34+,35+,36+,37-,38-/m0/s1. The van der Waals surface area contributed by atoms with Gasteiger partial charge in [0.15, 0.2) is 18.8 Å². The molecular weight excluding hydrogens is 780 g/mol. The van der Waals surface area contributed by atoms with Crippen molar-refractivity contribution >= 4 is 11.8 Å². The average Bonchev–Trinajstić information content (AvgIpc) is 3.47. The van der Waals surface area contributed by atoms with Crippen molar-refractivity contribution in [3.05, 3.63) is 45.3 Å². The van der Waals surface area contributed by atoms with E-state index in [9.17, 15) is 60.0 Å². The van der Waals surface area contributed by atoms with Gasteiger partial charge in [0.05, 0.1) is 18.8 Å². The van der Waals surface area contributed by atoms with Crippen molar-refractivity contribution in [3.63, 3.8) is 0 Å². The molecular formula is C39H64N4O16. The lowest BCUT2D eigenvalue weighted by Gasteiger charge is -2.47. The molecule has 20 heteroatoms. The first-order valence-corrected chi connectivity index (χ1v) is 20.6. The van der Waals surface area contributed by atoms with Gasteiger partial charge >= 0.3 is 5.69 Å². The van der Waals surface area contributed by atoms with E-state index in [0.717, 1.165) is 55.4 Å². The van der Waals surface area contributed by atoms with Gasteiger partial charge in [0.1, 0.15) is 60.9 Å². The van der Waals surface area contributed by atoms with E-state index in [-0.39, 0.29) is 0 Å². The molecule has 0 bridgehead atoms. The first-order valence-electron chi connectivity index (χ1n) is 20.6. The zero-order valence-electron chi connectivity index (χ0n) is 33.8. The molecule has 0 radical (unpaired) electrons. The Morgan fingerprint density at radius 2 is 1.39 bits per heavy atom. The van der Waals surface area contributed by atoms with Crippen LogP contribution in [-0.4, -0.2) is 155 Å². The van der Waals surface area contributed by atoms with E-state index in [1.54, 1.807) is 6.08 Å². The van der Waals surface area contributed by atoms with E-state index < -0.39 is 128 Å². The average molecular weight is 845 g/mol. The Morgan fingerprint density at radius 3 is 1.98 bits per heavy atom. The van der Waals surface area contributed by atoms with Crippen molar-refractivity contribution in [1.82, 2.24) is 20.2 Å². The lowest BCUT2D eigenvalue weighted by Crippen LogP contribution is -2.68. The maximum Gasteiger partial charge on any atom is 0.330 e. The van der Waals surface area contributed by atoms with Gasteiger partial charge in [-0.25, -0.2) is 4.79 Å². The van der Waals surface area contributed by atoms with Crippen LogP contribution in [0.15, 0.2) is 34.0 Å². The van der Waals surface area contributed by atoms with Gasteiger partial charge in [0, 0.05) is 25.6 Å². The molecule has 15 atom stereocenters. The summed E-state index contributed by atoms with van der Waals surface area (Å²) in [5.74, 6) is -0.621. The number of aromatic nitrogens is 2. The number of aliphatic hydroxyl groups excluding tert-OH is 8. The third-order valence-electron chi connectivity index (χ3n) is 11.0. The number of H-pyrrole nitrogens is 1. The quantitative estimate of drug-likeness (QED) is 0.0467. The number of aromatic amines is 1. The summed E-state index contributed by atoms with van der Waals surface area (Å²) in [6.45, 7) is 4.81. The van der Waals surface area contributed by atoms with Crippen LogP contribution >= 0.6 is 0 Å². The number of nitrogens with zero attached hydrogens (tertiary/aromatic N) is 1. The molecule has 2 amide bonds. The zero-order chi connectivity index (χ0) is 43.4. The molecule has 0 aliphatic carbocycles. The minimum Gasteiger partial charge on any atom is -0.394 e. The van der Waals surface area contributed by atoms with Crippen LogP contribution in [0.1, 0.15) is 97.6 Å². The summed E-state index contributed by atoms with van der Waals surface area (Å²) in [7, 11) is 0. The topological polar surface area (TPSA) is 312 Å². The van der Waals surface area contributed by atoms with E-state index in [4.69, 9.17) is 18.9 Å². The van der Waals surface area contributed by atoms with Crippen molar-refractivity contribution in [2.75, 3.05) is 6.61 Å². The molecule has 11 N–H and O–H groups in total. The molecule has 1 aromatic rings. The zero-order valence-corrected chi connectivity index (χ0v) is 33.8. The van der Waals surface area contributed by atoms with E-state index in [0.29, 0.717) is 6.42 Å². The summed E-state index contributed by atoms with van der Waals surface area (Å²) in [5.41, 5.74) is -1.68. The third-order valence-corrected chi connectivity index (χ3v) is 11.0. The molecule has 59 heavy (non-hydrogen) atoms. The summed E-state index contributed by atoms with van der Waals surface area (Å²) in [5, 5.41) is 91.4. The smallest absolute Gasteiger partial charge is 0.330 e. The summed E-state index contributed by atoms with van der Waals surface area (Å²) in [4.78, 5) is 51.1. The number of rotatable bonds is 21. The summed E-state index contributed by atoms with van der Waals surface area (Å²) in [6, 6.07) is -2.01. The molecule has 3 fully saturated rings. The van der Waals surface area contributed by atoms with Crippen molar-refractivity contribution in [2.24, 2.45) is 5.92 Å². The van der Waals surface area contributed by atoms with Gasteiger partial charge in [-0.3, -0.25) is 23.9 Å². The van der Waals surface area contributed by atoms with Crippen LogP contribution in [0.3, 0.4) is 0 Å². The molecule has 0 saturated carbocycles. The van der Waals surface area contributed by atoms with Crippen LogP contribution < -0.4 is 21.9 Å². The fraction of sp³-hybridized carbons (Fsp3) is 0.795. The summed E-state index contributed by atoms with van der Waals surface area (Å²) in [6.07, 6.45) is -7.65. The Bertz CT molecular complexity index is 1610. The van der Waals surface area contributed by atoms with Gasteiger partial charge in [-0.2, -0.15) is 0 Å². The molecule has 0 spiro atoms. The number of nitrogens with one attached hydrogen (secondary N) is 3. The number of ether oxygens (including phenoxy) is 4. The van der Waals surface area contributed by atoms with Crippen LogP contribution in [0.4, 0.5) is 0 Å². The number of carbonyl (C=O) groups excluding carboxylic acids is 2. The van der Waals surface area contributed by atoms with E-state index in [2.05, 4.69) is 24.5 Å². The molecule has 3 aliphatic rings. The van der Waals surface area contributed by atoms with Crippen molar-refractivity contribution in [2.45, 2.75) is 183 Å². The second-order valence-electron chi connectivity index (χ2n) is 16.1. The molecule has 0 unspecified atom stereocenters. The number of aliphatic hydroxyl groups is 8. The predicted molar refractivity (Wildman–Crippen MR) is 207 cm³/mol. The van der Waals surface area contributed by atoms with Gasteiger partial charge in [-0.05, 0) is 24.8 Å². The van der Waals surface area contributed by atoms with Gasteiger partial charge in [-0.15, -0.1) is 0 Å². The van der Waals surface area contributed by atoms with E-state index in [1.165, 1.54) is 38.2 Å². The minimum atomic E-state index is -1.85. The summed E-state index contributed by atoms with van der Waals surface area (Å²) < 4.78 is 24.1. The Kier molecular flexibility index (Phi) is 19.1. The lowest BCUT2D eigenvalue weighted by molar-refractivity contribution is -0.346. The highest BCUT2D eigenvalue weighted by Crippen LogP contribution is 2.34. The van der Waals surface area contributed by atoms with Gasteiger partial charge in [0.2, 0.25) is 11.8 Å². The second kappa shape index (κ2) is 23.2. The predicted octanol–water partition coefficient (Wildman–Crippen LogP) is -2.09. The van der Waals surface area contributed by atoms with Crippen molar-refractivity contribution in [3.8, 4) is 0 Å². The Morgan fingerprint density at radius 1 is 0.814 bits per heavy atom. The Labute approximate surface area is 342 Å². The first-order chi connectivity index (χ1) is 28.0. The normalized spacial score (nSPS) is 34.3. The molecule has 4 rings (SSSR count). The highest BCUT2D eigenvalue weighted by molar-refractivity contribution is 5.87. The van der Waals surface area contributed by atoms with Crippen LogP contribution in [-0.2, 0) is 28.5 Å². The van der Waals surface area contributed by atoms with Gasteiger partial charge in [0.25, 0.3) is 5.56 Å². The highest BCUT2D eigenvalue weighted by atomic mass is 16.8. The van der Waals surface area contributed by atoms with Crippen LogP contribution in [0.2, 0.25) is 0 Å².